The van der Waals surface area contributed by atoms with Crippen molar-refractivity contribution in [3.63, 3.8) is 0 Å². The average molecular weight is 596 g/mol. The van der Waals surface area contributed by atoms with Crippen LogP contribution in [-0.4, -0.2) is 76.5 Å². The highest BCUT2D eigenvalue weighted by atomic mass is 19.3. The van der Waals surface area contributed by atoms with Crippen LogP contribution in [0.3, 0.4) is 0 Å². The van der Waals surface area contributed by atoms with E-state index in [1.807, 2.05) is 12.1 Å². The summed E-state index contributed by atoms with van der Waals surface area (Å²) >= 11 is 0. The monoisotopic (exact) mass is 595 g/mol. The maximum absolute atomic E-state index is 14.2. The SMILES string of the molecule is CC(C)[C@H](O)C(=O)N1C[C@H](c2ccccc2)CC1C(=O)N[C@@H](CC(F)F)C(=O)NCCc1c(F)cc(C(=O)O)cc1F. The molecule has 0 spiro atoms. The van der Waals surface area contributed by atoms with Crippen molar-refractivity contribution >= 4 is 23.7 Å². The minimum absolute atomic E-state index is 0.0915. The van der Waals surface area contributed by atoms with E-state index in [-0.39, 0.29) is 18.9 Å². The molecule has 4 N–H and O–H groups in total. The second-order valence-electron chi connectivity index (χ2n) is 10.5. The average Bonchev–Trinajstić information content (AvgIpc) is 3.39. The van der Waals surface area contributed by atoms with E-state index in [1.54, 1.807) is 32.0 Å². The van der Waals surface area contributed by atoms with E-state index in [1.165, 1.54) is 4.90 Å². The number of rotatable bonds is 12. The standard InChI is InChI=1S/C29H33F4N3O6/c1-15(2)25(37)28(40)36-14-18(16-6-4-3-5-7-16)12-23(36)27(39)35-22(13-24(32)33)26(38)34-9-8-19-20(30)10-17(29(41)42)11-21(19)31/h3-7,10-11,15,18,22-25,37H,8-9,12-14H2,1-2H3,(H,34,38)(H,35,39)(H,41,42)/t18-,22+,23?,25+/m1/s1. The minimum atomic E-state index is -3.00. The van der Waals surface area contributed by atoms with Crippen molar-refractivity contribution in [2.75, 3.05) is 13.1 Å². The van der Waals surface area contributed by atoms with Crippen molar-refractivity contribution in [2.24, 2.45) is 5.92 Å². The number of likely N-dealkylation sites (tertiary alicyclic amines) is 1. The highest BCUT2D eigenvalue weighted by Crippen LogP contribution is 2.33. The first kappa shape index (κ1) is 32.5. The summed E-state index contributed by atoms with van der Waals surface area (Å²) < 4.78 is 55.2. The summed E-state index contributed by atoms with van der Waals surface area (Å²) in [5.41, 5.74) is -0.278. The van der Waals surface area contributed by atoms with Gasteiger partial charge in [0.15, 0.2) is 0 Å². The fourth-order valence-electron chi connectivity index (χ4n) is 4.83. The maximum Gasteiger partial charge on any atom is 0.335 e. The molecule has 4 atom stereocenters. The predicted octanol–water partition coefficient (Wildman–Crippen LogP) is 2.86. The summed E-state index contributed by atoms with van der Waals surface area (Å²) in [6, 6.07) is 7.38. The molecule has 2 aromatic rings. The highest BCUT2D eigenvalue weighted by Gasteiger charge is 2.43. The summed E-state index contributed by atoms with van der Waals surface area (Å²) in [6.07, 6.45) is -5.76. The molecule has 3 amide bonds. The number of amides is 3. The van der Waals surface area contributed by atoms with Gasteiger partial charge < -0.3 is 25.7 Å². The number of aliphatic hydroxyl groups excluding tert-OH is 1. The molecule has 9 nitrogen and oxygen atoms in total. The molecular weight excluding hydrogens is 562 g/mol. The number of nitrogens with zero attached hydrogens (tertiary/aromatic N) is 1. The van der Waals surface area contributed by atoms with Crippen molar-refractivity contribution in [2.45, 2.75) is 63.6 Å². The number of halogens is 4. The molecule has 42 heavy (non-hydrogen) atoms. The van der Waals surface area contributed by atoms with Crippen LogP contribution >= 0.6 is 0 Å². The van der Waals surface area contributed by atoms with Crippen LogP contribution in [0.4, 0.5) is 17.6 Å². The van der Waals surface area contributed by atoms with Gasteiger partial charge in [0.05, 0.1) is 5.56 Å². The van der Waals surface area contributed by atoms with Crippen molar-refractivity contribution in [3.8, 4) is 0 Å². The Labute approximate surface area is 239 Å². The van der Waals surface area contributed by atoms with Gasteiger partial charge >= 0.3 is 5.97 Å². The van der Waals surface area contributed by atoms with E-state index in [0.717, 1.165) is 5.56 Å². The van der Waals surface area contributed by atoms with Crippen LogP contribution in [0.15, 0.2) is 42.5 Å². The van der Waals surface area contributed by atoms with Crippen molar-refractivity contribution in [1.82, 2.24) is 15.5 Å². The normalized spacial score (nSPS) is 18.2. The molecule has 0 radical (unpaired) electrons. The van der Waals surface area contributed by atoms with Crippen molar-refractivity contribution < 1.29 is 47.0 Å². The Morgan fingerprint density at radius 1 is 1.05 bits per heavy atom. The lowest BCUT2D eigenvalue weighted by atomic mass is 9.96. The number of carboxylic acids is 1. The number of hydrogen-bond donors (Lipinski definition) is 4. The van der Waals surface area contributed by atoms with Crippen molar-refractivity contribution in [3.05, 3.63) is 70.8 Å². The zero-order valence-corrected chi connectivity index (χ0v) is 23.0. The Morgan fingerprint density at radius 3 is 2.21 bits per heavy atom. The van der Waals surface area contributed by atoms with Crippen LogP contribution in [0.25, 0.3) is 0 Å². The number of aromatic carboxylic acids is 1. The van der Waals surface area contributed by atoms with E-state index in [4.69, 9.17) is 5.11 Å². The number of carboxylic acid groups (broad SMARTS) is 1. The quantitative estimate of drug-likeness (QED) is 0.279. The molecule has 0 saturated carbocycles. The topological polar surface area (TPSA) is 136 Å². The third-order valence-corrected chi connectivity index (χ3v) is 7.15. The first-order valence-electron chi connectivity index (χ1n) is 13.4. The number of aliphatic hydroxyl groups is 1. The first-order valence-corrected chi connectivity index (χ1v) is 13.4. The number of alkyl halides is 2. The molecule has 1 aliphatic rings. The summed E-state index contributed by atoms with van der Waals surface area (Å²) in [5, 5.41) is 23.9. The lowest BCUT2D eigenvalue weighted by molar-refractivity contribution is -0.147. The van der Waals surface area contributed by atoms with E-state index < -0.39 is 96.4 Å². The molecule has 0 aliphatic carbocycles. The van der Waals surface area contributed by atoms with Gasteiger partial charge in [-0.3, -0.25) is 14.4 Å². The van der Waals surface area contributed by atoms with Crippen LogP contribution in [0.5, 0.6) is 0 Å². The Hall–Kier alpha value is -4.00. The van der Waals surface area contributed by atoms with E-state index in [9.17, 15) is 41.8 Å². The Morgan fingerprint density at radius 2 is 1.67 bits per heavy atom. The fraction of sp³-hybridized carbons (Fsp3) is 0.448. The van der Waals surface area contributed by atoms with Gasteiger partial charge in [0, 0.05) is 31.0 Å². The lowest BCUT2D eigenvalue weighted by Crippen LogP contribution is -2.55. The van der Waals surface area contributed by atoms with Crippen LogP contribution in [0.2, 0.25) is 0 Å². The van der Waals surface area contributed by atoms with E-state index >= 15 is 0 Å². The van der Waals surface area contributed by atoms with Gasteiger partial charge in [-0.05, 0) is 36.5 Å². The Kier molecular flexibility index (Phi) is 11.0. The summed E-state index contributed by atoms with van der Waals surface area (Å²) in [6.45, 7) is 2.95. The number of carbonyl (C=O) groups is 4. The number of hydrogen-bond acceptors (Lipinski definition) is 5. The number of nitrogens with one attached hydrogen (secondary N) is 2. The molecule has 1 saturated heterocycles. The zero-order chi connectivity index (χ0) is 31.1. The van der Waals surface area contributed by atoms with Gasteiger partial charge in [0.2, 0.25) is 18.2 Å². The van der Waals surface area contributed by atoms with Gasteiger partial charge in [0.1, 0.15) is 29.8 Å². The lowest BCUT2D eigenvalue weighted by Gasteiger charge is -2.29. The van der Waals surface area contributed by atoms with E-state index in [2.05, 4.69) is 10.6 Å². The summed E-state index contributed by atoms with van der Waals surface area (Å²) in [7, 11) is 0. The van der Waals surface area contributed by atoms with Crippen LogP contribution < -0.4 is 10.6 Å². The smallest absolute Gasteiger partial charge is 0.335 e. The van der Waals surface area contributed by atoms with Gasteiger partial charge in [-0.2, -0.15) is 0 Å². The fourth-order valence-corrected chi connectivity index (χ4v) is 4.83. The minimum Gasteiger partial charge on any atom is -0.478 e. The van der Waals surface area contributed by atoms with Gasteiger partial charge in [-0.25, -0.2) is 22.4 Å². The summed E-state index contributed by atoms with van der Waals surface area (Å²) in [5.74, 6) is -7.17. The van der Waals surface area contributed by atoms with Gasteiger partial charge in [0.25, 0.3) is 5.91 Å². The molecule has 0 aromatic heterocycles. The maximum atomic E-state index is 14.2. The molecule has 3 rings (SSSR count). The highest BCUT2D eigenvalue weighted by molar-refractivity contribution is 5.93. The molecular formula is C29H33F4N3O6. The Balaban J connectivity index is 1.73. The second kappa shape index (κ2) is 14.3. The molecule has 1 unspecified atom stereocenters. The summed E-state index contributed by atoms with van der Waals surface area (Å²) in [4.78, 5) is 51.3. The molecule has 1 fully saturated rings. The van der Waals surface area contributed by atoms with Crippen LogP contribution in [0, 0.1) is 17.6 Å². The largest absolute Gasteiger partial charge is 0.478 e. The molecule has 2 aromatic carbocycles. The van der Waals surface area contributed by atoms with Crippen LogP contribution in [0.1, 0.15) is 54.1 Å². The van der Waals surface area contributed by atoms with E-state index in [0.29, 0.717) is 12.1 Å². The van der Waals surface area contributed by atoms with Gasteiger partial charge in [-0.1, -0.05) is 44.2 Å². The van der Waals surface area contributed by atoms with Crippen LogP contribution in [-0.2, 0) is 20.8 Å². The third-order valence-electron chi connectivity index (χ3n) is 7.15. The second-order valence-corrected chi connectivity index (χ2v) is 10.5. The predicted molar refractivity (Wildman–Crippen MR) is 143 cm³/mol. The Bertz CT molecular complexity index is 1270. The molecule has 228 valence electrons. The molecule has 1 aliphatic heterocycles. The first-order chi connectivity index (χ1) is 19.8. The number of benzene rings is 2. The molecule has 0 bridgehead atoms. The molecule has 13 heteroatoms. The zero-order valence-electron chi connectivity index (χ0n) is 23.0. The van der Waals surface area contributed by atoms with Gasteiger partial charge in [-0.15, -0.1) is 0 Å². The third kappa shape index (κ3) is 8.05. The molecule has 1 heterocycles. The van der Waals surface area contributed by atoms with Crippen molar-refractivity contribution in [1.29, 1.82) is 0 Å². The number of carbonyl (C=O) groups excluding carboxylic acids is 3.